The lowest BCUT2D eigenvalue weighted by atomic mass is 9.95. The van der Waals surface area contributed by atoms with Crippen molar-refractivity contribution in [3.8, 4) is 11.1 Å². The molecule has 1 aromatic carbocycles. The zero-order chi connectivity index (χ0) is 18.4. The van der Waals surface area contributed by atoms with Gasteiger partial charge in [0.2, 0.25) is 0 Å². The van der Waals surface area contributed by atoms with Crippen molar-refractivity contribution < 1.29 is 0 Å². The highest BCUT2D eigenvalue weighted by molar-refractivity contribution is 5.91. The number of rotatable bonds is 5. The van der Waals surface area contributed by atoms with Crippen LogP contribution >= 0.6 is 0 Å². The fourth-order valence-electron chi connectivity index (χ4n) is 4.31. The van der Waals surface area contributed by atoms with E-state index in [0.717, 1.165) is 29.9 Å². The van der Waals surface area contributed by atoms with E-state index in [1.54, 1.807) is 0 Å². The molecule has 1 atom stereocenters. The third kappa shape index (κ3) is 2.74. The first-order valence-corrected chi connectivity index (χ1v) is 9.99. The fourth-order valence-corrected chi connectivity index (χ4v) is 4.31. The standard InChI is InChI=1S/C23H29N3/c1-6-20(17-8-9-17)26-21(7-2)25-22-18(10-11-24-23(22)26)19-13-15(4)14(3)12-16(19)5/h10-13,17,20H,6-9H2,1-5H3. The van der Waals surface area contributed by atoms with Crippen molar-refractivity contribution in [2.75, 3.05) is 0 Å². The number of aryl methyl sites for hydroxylation is 4. The van der Waals surface area contributed by atoms with Gasteiger partial charge in [0, 0.05) is 24.2 Å². The van der Waals surface area contributed by atoms with Gasteiger partial charge in [-0.25, -0.2) is 9.97 Å². The van der Waals surface area contributed by atoms with Crippen LogP contribution in [-0.2, 0) is 6.42 Å². The highest BCUT2D eigenvalue weighted by Crippen LogP contribution is 2.44. The molecule has 26 heavy (non-hydrogen) atoms. The van der Waals surface area contributed by atoms with Crippen LogP contribution in [0, 0.1) is 26.7 Å². The molecule has 2 aromatic heterocycles. The molecule has 0 spiro atoms. The first kappa shape index (κ1) is 17.3. The smallest absolute Gasteiger partial charge is 0.160 e. The SMILES string of the molecule is CCc1nc2c(-c3cc(C)c(C)cc3C)ccnc2n1C(CC)C1CC1. The van der Waals surface area contributed by atoms with Crippen molar-refractivity contribution >= 4 is 11.2 Å². The van der Waals surface area contributed by atoms with Gasteiger partial charge in [0.05, 0.1) is 0 Å². The maximum atomic E-state index is 5.08. The lowest BCUT2D eigenvalue weighted by Crippen LogP contribution is -2.13. The monoisotopic (exact) mass is 347 g/mol. The normalized spacial score (nSPS) is 15.6. The third-order valence-electron chi connectivity index (χ3n) is 6.02. The van der Waals surface area contributed by atoms with Crippen molar-refractivity contribution in [3.05, 3.63) is 46.9 Å². The Morgan fingerprint density at radius 1 is 1.04 bits per heavy atom. The Morgan fingerprint density at radius 3 is 2.42 bits per heavy atom. The number of hydrogen-bond acceptors (Lipinski definition) is 2. The summed E-state index contributed by atoms with van der Waals surface area (Å²) in [4.78, 5) is 9.87. The maximum absolute atomic E-state index is 5.08. The van der Waals surface area contributed by atoms with Gasteiger partial charge in [0.25, 0.3) is 0 Å². The molecule has 1 saturated carbocycles. The summed E-state index contributed by atoms with van der Waals surface area (Å²) in [7, 11) is 0. The number of aromatic nitrogens is 3. The van der Waals surface area contributed by atoms with Crippen LogP contribution < -0.4 is 0 Å². The molecule has 1 fully saturated rings. The van der Waals surface area contributed by atoms with E-state index in [9.17, 15) is 0 Å². The van der Waals surface area contributed by atoms with Gasteiger partial charge in [-0.1, -0.05) is 26.0 Å². The minimum Gasteiger partial charge on any atom is -0.309 e. The molecule has 1 aliphatic rings. The van der Waals surface area contributed by atoms with E-state index in [-0.39, 0.29) is 0 Å². The van der Waals surface area contributed by atoms with Gasteiger partial charge in [0.15, 0.2) is 5.65 Å². The molecule has 3 nitrogen and oxygen atoms in total. The Kier molecular flexibility index (Phi) is 4.34. The Hall–Kier alpha value is -2.16. The Bertz CT molecular complexity index is 963. The first-order chi connectivity index (χ1) is 12.5. The highest BCUT2D eigenvalue weighted by atomic mass is 15.2. The molecular weight excluding hydrogens is 318 g/mol. The number of benzene rings is 1. The van der Waals surface area contributed by atoms with Crippen molar-refractivity contribution in [1.82, 2.24) is 14.5 Å². The highest BCUT2D eigenvalue weighted by Gasteiger charge is 2.33. The number of pyridine rings is 1. The maximum Gasteiger partial charge on any atom is 0.160 e. The van der Waals surface area contributed by atoms with Crippen LogP contribution in [0.3, 0.4) is 0 Å². The molecule has 0 amide bonds. The molecule has 0 bridgehead atoms. The minimum atomic E-state index is 0.540. The van der Waals surface area contributed by atoms with Crippen LogP contribution in [0.25, 0.3) is 22.3 Å². The summed E-state index contributed by atoms with van der Waals surface area (Å²) in [5.41, 5.74) is 8.61. The topological polar surface area (TPSA) is 30.7 Å². The van der Waals surface area contributed by atoms with E-state index in [1.807, 2.05) is 6.20 Å². The Balaban J connectivity index is 1.96. The van der Waals surface area contributed by atoms with Gasteiger partial charge < -0.3 is 4.57 Å². The van der Waals surface area contributed by atoms with Gasteiger partial charge in [0.1, 0.15) is 11.3 Å². The average Bonchev–Trinajstić information content (AvgIpc) is 3.39. The zero-order valence-electron chi connectivity index (χ0n) is 16.6. The van der Waals surface area contributed by atoms with Crippen LogP contribution in [0.4, 0.5) is 0 Å². The lowest BCUT2D eigenvalue weighted by Gasteiger charge is -2.19. The van der Waals surface area contributed by atoms with Crippen molar-refractivity contribution in [3.63, 3.8) is 0 Å². The molecule has 3 aromatic rings. The molecule has 3 heteroatoms. The summed E-state index contributed by atoms with van der Waals surface area (Å²) in [5, 5.41) is 0. The van der Waals surface area contributed by atoms with Gasteiger partial charge in [-0.2, -0.15) is 0 Å². The zero-order valence-corrected chi connectivity index (χ0v) is 16.6. The molecule has 0 aliphatic heterocycles. The van der Waals surface area contributed by atoms with Crippen LogP contribution in [0.1, 0.15) is 61.7 Å². The summed E-state index contributed by atoms with van der Waals surface area (Å²) in [5.74, 6) is 1.98. The van der Waals surface area contributed by atoms with Crippen molar-refractivity contribution in [1.29, 1.82) is 0 Å². The summed E-state index contributed by atoms with van der Waals surface area (Å²) in [6.07, 6.45) is 6.75. The van der Waals surface area contributed by atoms with Gasteiger partial charge in [-0.05, 0) is 74.3 Å². The van der Waals surface area contributed by atoms with E-state index < -0.39 is 0 Å². The van der Waals surface area contributed by atoms with E-state index >= 15 is 0 Å². The summed E-state index contributed by atoms with van der Waals surface area (Å²) >= 11 is 0. The summed E-state index contributed by atoms with van der Waals surface area (Å²) < 4.78 is 2.45. The fraction of sp³-hybridized carbons (Fsp3) is 0.478. The molecule has 0 saturated heterocycles. The second-order valence-corrected chi connectivity index (χ2v) is 7.85. The van der Waals surface area contributed by atoms with E-state index in [4.69, 9.17) is 9.97 Å². The summed E-state index contributed by atoms with van der Waals surface area (Å²) in [6.45, 7) is 11.1. The molecule has 1 aliphatic carbocycles. The predicted molar refractivity (Wildman–Crippen MR) is 109 cm³/mol. The lowest BCUT2D eigenvalue weighted by molar-refractivity contribution is 0.427. The molecule has 2 heterocycles. The van der Waals surface area contributed by atoms with Gasteiger partial charge in [-0.15, -0.1) is 0 Å². The number of fused-ring (bicyclic) bond motifs is 1. The van der Waals surface area contributed by atoms with Crippen LogP contribution in [0.2, 0.25) is 0 Å². The molecule has 0 N–H and O–H groups in total. The molecule has 4 rings (SSSR count). The van der Waals surface area contributed by atoms with E-state index in [2.05, 4.69) is 57.4 Å². The first-order valence-electron chi connectivity index (χ1n) is 9.99. The van der Waals surface area contributed by atoms with Crippen LogP contribution in [-0.4, -0.2) is 14.5 Å². The molecule has 1 unspecified atom stereocenters. The minimum absolute atomic E-state index is 0.540. The number of imidazole rings is 1. The second kappa shape index (κ2) is 6.53. The van der Waals surface area contributed by atoms with E-state index in [0.29, 0.717) is 6.04 Å². The van der Waals surface area contributed by atoms with Crippen molar-refractivity contribution in [2.45, 2.75) is 66.3 Å². The number of hydrogen-bond donors (Lipinski definition) is 0. The Morgan fingerprint density at radius 2 is 1.77 bits per heavy atom. The van der Waals surface area contributed by atoms with Gasteiger partial charge >= 0.3 is 0 Å². The predicted octanol–water partition coefficient (Wildman–Crippen LogP) is 5.95. The number of nitrogens with zero attached hydrogens (tertiary/aromatic N) is 3. The largest absolute Gasteiger partial charge is 0.309 e. The molecule has 0 radical (unpaired) electrons. The van der Waals surface area contributed by atoms with Crippen LogP contribution in [0.5, 0.6) is 0 Å². The summed E-state index contributed by atoms with van der Waals surface area (Å²) in [6, 6.07) is 7.27. The third-order valence-corrected chi connectivity index (χ3v) is 6.02. The molecular formula is C23H29N3. The second-order valence-electron chi connectivity index (χ2n) is 7.85. The average molecular weight is 348 g/mol. The molecule has 136 valence electrons. The Labute approximate surface area is 156 Å². The van der Waals surface area contributed by atoms with Gasteiger partial charge in [-0.3, -0.25) is 0 Å². The van der Waals surface area contributed by atoms with Crippen LogP contribution in [0.15, 0.2) is 24.4 Å². The quantitative estimate of drug-likeness (QED) is 0.571. The van der Waals surface area contributed by atoms with Crippen molar-refractivity contribution in [2.24, 2.45) is 5.92 Å². The van der Waals surface area contributed by atoms with E-state index in [1.165, 1.54) is 46.5 Å².